The second-order valence-corrected chi connectivity index (χ2v) is 3.17. The van der Waals surface area contributed by atoms with Crippen molar-refractivity contribution in [3.05, 3.63) is 23.8 Å². The zero-order valence-electron chi connectivity index (χ0n) is 7.49. The van der Waals surface area contributed by atoms with Gasteiger partial charge in [-0.1, -0.05) is 18.2 Å². The van der Waals surface area contributed by atoms with Gasteiger partial charge in [-0.2, -0.15) is 22.0 Å². The van der Waals surface area contributed by atoms with Crippen molar-refractivity contribution in [2.45, 2.75) is 31.1 Å². The molecule has 0 heterocycles. The summed E-state index contributed by atoms with van der Waals surface area (Å²) in [5.41, 5.74) is -0.608. The summed E-state index contributed by atoms with van der Waals surface area (Å²) in [6.07, 6.45) is -4.99. The van der Waals surface area contributed by atoms with Crippen LogP contribution in [-0.4, -0.2) is 18.3 Å². The maximum absolute atomic E-state index is 13.0. The maximum atomic E-state index is 13.0. The fraction of sp³-hybridized carbons (Fsp3) is 0.556. The van der Waals surface area contributed by atoms with Crippen molar-refractivity contribution < 1.29 is 26.3 Å². The Bertz CT molecular complexity index is 285. The quantitative estimate of drug-likeness (QED) is 0.633. The molecule has 0 nitrogen and oxygen atoms in total. The van der Waals surface area contributed by atoms with Crippen LogP contribution >= 0.6 is 0 Å². The van der Waals surface area contributed by atoms with E-state index in [0.717, 1.165) is 12.2 Å². The largest absolute Gasteiger partial charge is 0.456 e. The van der Waals surface area contributed by atoms with Gasteiger partial charge < -0.3 is 0 Å². The van der Waals surface area contributed by atoms with E-state index >= 15 is 0 Å². The van der Waals surface area contributed by atoms with Crippen molar-refractivity contribution in [3.63, 3.8) is 0 Å². The number of hydrogen-bond acceptors (Lipinski definition) is 0. The fourth-order valence-electron chi connectivity index (χ4n) is 1.17. The Hall–Kier alpha value is -0.940. The SMILES string of the molecule is FC(C1=CCCC=C1)C(F)(F)C(F)(F)F. The van der Waals surface area contributed by atoms with Gasteiger partial charge in [-0.15, -0.1) is 0 Å². The van der Waals surface area contributed by atoms with Gasteiger partial charge in [0.1, 0.15) is 0 Å². The molecule has 1 rings (SSSR count). The number of allylic oxidation sites excluding steroid dienone is 4. The van der Waals surface area contributed by atoms with Gasteiger partial charge in [0.2, 0.25) is 0 Å². The second kappa shape index (κ2) is 3.90. The van der Waals surface area contributed by atoms with Gasteiger partial charge in [0.15, 0.2) is 6.17 Å². The minimum atomic E-state index is -5.86. The molecule has 1 aliphatic carbocycles. The van der Waals surface area contributed by atoms with Gasteiger partial charge in [-0.05, 0) is 18.4 Å². The van der Waals surface area contributed by atoms with Crippen LogP contribution in [0.1, 0.15) is 12.8 Å². The zero-order chi connectivity index (χ0) is 11.7. The molecule has 86 valence electrons. The lowest BCUT2D eigenvalue weighted by Gasteiger charge is -2.24. The van der Waals surface area contributed by atoms with E-state index < -0.39 is 23.8 Å². The average molecular weight is 230 g/mol. The van der Waals surface area contributed by atoms with Crippen molar-refractivity contribution in [2.24, 2.45) is 0 Å². The summed E-state index contributed by atoms with van der Waals surface area (Å²) in [6.45, 7) is 0. The van der Waals surface area contributed by atoms with Crippen LogP contribution in [0.2, 0.25) is 0 Å². The topological polar surface area (TPSA) is 0 Å². The summed E-state index contributed by atoms with van der Waals surface area (Å²) >= 11 is 0. The molecule has 0 fully saturated rings. The molecule has 15 heavy (non-hydrogen) atoms. The van der Waals surface area contributed by atoms with Crippen LogP contribution in [0.4, 0.5) is 26.3 Å². The van der Waals surface area contributed by atoms with Crippen LogP contribution in [-0.2, 0) is 0 Å². The van der Waals surface area contributed by atoms with Crippen LogP contribution in [0.15, 0.2) is 23.8 Å². The lowest BCUT2D eigenvalue weighted by molar-refractivity contribution is -0.298. The van der Waals surface area contributed by atoms with Gasteiger partial charge in [0, 0.05) is 0 Å². The smallest absolute Gasteiger partial charge is 0.235 e. The minimum absolute atomic E-state index is 0.278. The van der Waals surface area contributed by atoms with E-state index in [-0.39, 0.29) is 6.42 Å². The summed E-state index contributed by atoms with van der Waals surface area (Å²) in [5, 5.41) is 0. The molecule has 0 bridgehead atoms. The Balaban J connectivity index is 2.88. The van der Waals surface area contributed by atoms with Crippen LogP contribution in [0, 0.1) is 0 Å². The molecule has 0 spiro atoms. The molecule has 0 N–H and O–H groups in total. The molecule has 0 aromatic carbocycles. The summed E-state index contributed by atoms with van der Waals surface area (Å²) in [4.78, 5) is 0. The monoisotopic (exact) mass is 230 g/mol. The van der Waals surface area contributed by atoms with E-state index in [4.69, 9.17) is 0 Å². The van der Waals surface area contributed by atoms with E-state index in [1.807, 2.05) is 0 Å². The maximum Gasteiger partial charge on any atom is 0.456 e. The molecular weight excluding hydrogens is 222 g/mol. The molecule has 1 atom stereocenters. The van der Waals surface area contributed by atoms with Crippen LogP contribution < -0.4 is 0 Å². The summed E-state index contributed by atoms with van der Waals surface area (Å²) in [7, 11) is 0. The first-order valence-electron chi connectivity index (χ1n) is 4.22. The van der Waals surface area contributed by atoms with E-state index in [1.54, 1.807) is 0 Å². The third-order valence-electron chi connectivity index (χ3n) is 2.01. The molecule has 0 aromatic heterocycles. The van der Waals surface area contributed by atoms with Crippen molar-refractivity contribution in [1.82, 2.24) is 0 Å². The Morgan fingerprint density at radius 1 is 1.07 bits per heavy atom. The van der Waals surface area contributed by atoms with Gasteiger partial charge in [-0.25, -0.2) is 4.39 Å². The highest BCUT2D eigenvalue weighted by Crippen LogP contribution is 2.42. The van der Waals surface area contributed by atoms with Crippen LogP contribution in [0.25, 0.3) is 0 Å². The Morgan fingerprint density at radius 3 is 2.07 bits per heavy atom. The zero-order valence-corrected chi connectivity index (χ0v) is 7.49. The van der Waals surface area contributed by atoms with Gasteiger partial charge in [-0.3, -0.25) is 0 Å². The minimum Gasteiger partial charge on any atom is -0.235 e. The summed E-state index contributed by atoms with van der Waals surface area (Å²) in [6, 6.07) is 0. The van der Waals surface area contributed by atoms with Crippen molar-refractivity contribution in [3.8, 4) is 0 Å². The molecule has 1 unspecified atom stereocenters. The highest BCUT2D eigenvalue weighted by Gasteiger charge is 2.63. The summed E-state index contributed by atoms with van der Waals surface area (Å²) in [5.74, 6) is -5.33. The Kier molecular flexibility index (Phi) is 3.16. The van der Waals surface area contributed by atoms with E-state index in [2.05, 4.69) is 0 Å². The predicted octanol–water partition coefficient (Wildman–Crippen LogP) is 3.80. The highest BCUT2D eigenvalue weighted by molar-refractivity contribution is 5.28. The first kappa shape index (κ1) is 12.1. The van der Waals surface area contributed by atoms with Crippen molar-refractivity contribution >= 4 is 0 Å². The number of rotatable bonds is 2. The fourth-order valence-corrected chi connectivity index (χ4v) is 1.17. The van der Waals surface area contributed by atoms with Gasteiger partial charge >= 0.3 is 12.1 Å². The van der Waals surface area contributed by atoms with Crippen molar-refractivity contribution in [2.75, 3.05) is 0 Å². The Morgan fingerprint density at radius 2 is 1.67 bits per heavy atom. The molecule has 0 amide bonds. The first-order chi connectivity index (χ1) is 6.77. The summed E-state index contributed by atoms with van der Waals surface area (Å²) < 4.78 is 73.4. The van der Waals surface area contributed by atoms with Gasteiger partial charge in [0.05, 0.1) is 0 Å². The normalized spacial score (nSPS) is 20.0. The van der Waals surface area contributed by atoms with E-state index in [9.17, 15) is 26.3 Å². The molecule has 0 saturated carbocycles. The van der Waals surface area contributed by atoms with Crippen LogP contribution in [0.3, 0.4) is 0 Å². The first-order valence-corrected chi connectivity index (χ1v) is 4.22. The van der Waals surface area contributed by atoms with Gasteiger partial charge in [0.25, 0.3) is 0 Å². The van der Waals surface area contributed by atoms with Crippen molar-refractivity contribution in [1.29, 1.82) is 0 Å². The molecule has 0 saturated heterocycles. The number of halogens is 6. The Labute approximate surface area is 82.3 Å². The molecule has 1 aliphatic rings. The lowest BCUT2D eigenvalue weighted by Crippen LogP contribution is -2.45. The molecule has 0 aromatic rings. The second-order valence-electron chi connectivity index (χ2n) is 3.17. The highest BCUT2D eigenvalue weighted by atomic mass is 19.4. The van der Waals surface area contributed by atoms with Crippen LogP contribution in [0.5, 0.6) is 0 Å². The molecule has 0 radical (unpaired) electrons. The molecule has 6 heteroatoms. The third-order valence-corrected chi connectivity index (χ3v) is 2.01. The predicted molar refractivity (Wildman–Crippen MR) is 42.4 cm³/mol. The van der Waals surface area contributed by atoms with E-state index in [0.29, 0.717) is 6.42 Å². The van der Waals surface area contributed by atoms with E-state index in [1.165, 1.54) is 6.08 Å². The average Bonchev–Trinajstić information content (AvgIpc) is 2.16. The lowest BCUT2D eigenvalue weighted by atomic mass is 9.99. The number of hydrogen-bond donors (Lipinski definition) is 0. The third kappa shape index (κ3) is 2.35. The molecule has 0 aliphatic heterocycles. The number of alkyl halides is 6. The standard InChI is InChI=1S/C9H8F6/c10-7(6-4-2-1-3-5-6)8(11,12)9(13,14)15/h2,4-5,7H,1,3H2. The molecular formula is C9H8F6.